The van der Waals surface area contributed by atoms with E-state index in [1.54, 1.807) is 0 Å². The van der Waals surface area contributed by atoms with Crippen molar-refractivity contribution in [2.45, 2.75) is 0 Å². The second-order valence-corrected chi connectivity index (χ2v) is 10.6. The summed E-state index contributed by atoms with van der Waals surface area (Å²) in [4.78, 5) is 15.2. The van der Waals surface area contributed by atoms with Crippen LogP contribution >= 0.6 is 0 Å². The normalized spacial score (nSPS) is 11.6. The van der Waals surface area contributed by atoms with Gasteiger partial charge in [0.15, 0.2) is 0 Å². The molecule has 7 aromatic rings. The molecule has 0 spiro atoms. The predicted octanol–water partition coefficient (Wildman–Crippen LogP) is 10.5. The number of fused-ring (bicyclic) bond motifs is 6. The second-order valence-electron chi connectivity index (χ2n) is 10.6. The van der Waals surface area contributed by atoms with Crippen LogP contribution in [0.5, 0.6) is 0 Å². The fourth-order valence-corrected chi connectivity index (χ4v) is 6.04. The van der Waals surface area contributed by atoms with Crippen LogP contribution in [-0.2, 0) is 0 Å². The van der Waals surface area contributed by atoms with E-state index in [-0.39, 0.29) is 0 Å². The van der Waals surface area contributed by atoms with Crippen molar-refractivity contribution >= 4 is 51.3 Å². The molecule has 0 radical (unpaired) electrons. The van der Waals surface area contributed by atoms with Crippen molar-refractivity contribution in [2.24, 2.45) is 0 Å². The van der Waals surface area contributed by atoms with Crippen molar-refractivity contribution in [1.82, 2.24) is 15.0 Å². The maximum Gasteiger partial charge on any atom is 0.0935 e. The van der Waals surface area contributed by atoms with E-state index >= 15 is 0 Å². The summed E-state index contributed by atoms with van der Waals surface area (Å²) in [5, 5.41) is 0. The molecule has 6 bridgehead atoms. The molecular weight excluding hydrogens is 524 g/mol. The highest BCUT2D eigenvalue weighted by molar-refractivity contribution is 6.01. The number of H-pyrrole nitrogens is 2. The first kappa shape index (κ1) is 24.9. The van der Waals surface area contributed by atoms with Crippen LogP contribution in [0.2, 0.25) is 0 Å². The van der Waals surface area contributed by atoms with Crippen LogP contribution in [0.1, 0.15) is 11.4 Å². The lowest BCUT2D eigenvalue weighted by molar-refractivity contribution is 1.29. The van der Waals surface area contributed by atoms with Crippen molar-refractivity contribution < 1.29 is 0 Å². The summed E-state index contributed by atoms with van der Waals surface area (Å²) in [6, 6.07) is 50.8. The van der Waals surface area contributed by atoms with Gasteiger partial charge in [-0.05, 0) is 71.8 Å². The topological polar surface area (TPSA) is 47.7 Å². The molecule has 1 aliphatic rings. The van der Waals surface area contributed by atoms with Crippen molar-refractivity contribution in [3.05, 3.63) is 157 Å². The number of nitrogens with one attached hydrogen (secondary N) is 2. The number of aromatic nitrogens is 3. The molecule has 4 nitrogen and oxygen atoms in total. The molecule has 4 heteroatoms. The van der Waals surface area contributed by atoms with Gasteiger partial charge in [0, 0.05) is 33.5 Å². The Morgan fingerprint density at radius 1 is 0.395 bits per heavy atom. The van der Waals surface area contributed by atoms with Gasteiger partial charge in [0.1, 0.15) is 0 Å². The first-order valence-corrected chi connectivity index (χ1v) is 14.5. The van der Waals surface area contributed by atoms with Crippen LogP contribution < -0.4 is 4.90 Å². The molecule has 0 unspecified atom stereocenters. The third kappa shape index (κ3) is 4.46. The second kappa shape index (κ2) is 10.5. The molecule has 2 N–H and O–H groups in total. The van der Waals surface area contributed by atoms with Crippen LogP contribution in [0.15, 0.2) is 146 Å². The van der Waals surface area contributed by atoms with Gasteiger partial charge in [-0.25, -0.2) is 4.98 Å². The summed E-state index contributed by atoms with van der Waals surface area (Å²) in [7, 11) is 0. The molecule has 0 aliphatic carbocycles. The molecule has 8 rings (SSSR count). The number of anilines is 3. The number of hydrogen-bond acceptors (Lipinski definition) is 2. The van der Waals surface area contributed by atoms with Gasteiger partial charge < -0.3 is 14.9 Å². The molecule has 4 heterocycles. The van der Waals surface area contributed by atoms with Crippen LogP contribution in [-0.4, -0.2) is 15.0 Å². The molecular formula is C39H28N4. The average molecular weight is 553 g/mol. The summed E-state index contributed by atoms with van der Waals surface area (Å²) >= 11 is 0. The molecule has 0 amide bonds. The van der Waals surface area contributed by atoms with E-state index < -0.39 is 0 Å². The van der Waals surface area contributed by atoms with E-state index in [1.807, 2.05) is 0 Å². The lowest BCUT2D eigenvalue weighted by atomic mass is 10.0. The number of hydrogen-bond donors (Lipinski definition) is 2. The number of rotatable bonds is 5. The average Bonchev–Trinajstić information content (AvgIpc) is 3.85. The zero-order valence-corrected chi connectivity index (χ0v) is 23.4. The number of nitrogens with zero attached hydrogens (tertiary/aromatic N) is 2. The van der Waals surface area contributed by atoms with Crippen molar-refractivity contribution in [1.29, 1.82) is 0 Å². The Hall–Kier alpha value is -5.87. The lowest BCUT2D eigenvalue weighted by Crippen LogP contribution is -2.10. The fraction of sp³-hybridized carbons (Fsp3) is 0. The maximum atomic E-state index is 5.24. The van der Waals surface area contributed by atoms with Crippen LogP contribution in [0, 0.1) is 0 Å². The molecule has 0 saturated carbocycles. The monoisotopic (exact) mass is 552 g/mol. The van der Waals surface area contributed by atoms with Gasteiger partial charge in [-0.1, -0.05) is 97.1 Å². The Labute approximate surface area is 249 Å². The Morgan fingerprint density at radius 3 is 1.19 bits per heavy atom. The number of benzene rings is 4. The third-order valence-electron chi connectivity index (χ3n) is 7.95. The molecule has 4 aromatic carbocycles. The highest BCUT2D eigenvalue weighted by atomic mass is 15.2. The minimum Gasteiger partial charge on any atom is -0.353 e. The SMILES string of the molecule is C1=Cc2nc1c(-c1ccccc1)c1ccc([nH]1)c(N(c1ccccc1)c1ccccc1)c1ccc([nH]1)c2-c1ccccc1. The van der Waals surface area contributed by atoms with Crippen molar-refractivity contribution in [3.8, 4) is 22.3 Å². The van der Waals surface area contributed by atoms with Gasteiger partial charge in [0.05, 0.1) is 28.1 Å². The predicted molar refractivity (Wildman–Crippen MR) is 180 cm³/mol. The Balaban J connectivity index is 1.55. The summed E-state index contributed by atoms with van der Waals surface area (Å²) < 4.78 is 0. The molecule has 204 valence electrons. The summed E-state index contributed by atoms with van der Waals surface area (Å²) in [5.74, 6) is 0. The highest BCUT2D eigenvalue weighted by Crippen LogP contribution is 2.41. The van der Waals surface area contributed by atoms with Crippen molar-refractivity contribution in [2.75, 3.05) is 4.90 Å². The molecule has 0 atom stereocenters. The van der Waals surface area contributed by atoms with Gasteiger partial charge in [-0.15, -0.1) is 0 Å². The van der Waals surface area contributed by atoms with Crippen LogP contribution in [0.3, 0.4) is 0 Å². The maximum absolute atomic E-state index is 5.24. The smallest absolute Gasteiger partial charge is 0.0935 e. The van der Waals surface area contributed by atoms with Gasteiger partial charge >= 0.3 is 0 Å². The van der Waals surface area contributed by atoms with Gasteiger partial charge in [-0.2, -0.15) is 0 Å². The lowest BCUT2D eigenvalue weighted by Gasteiger charge is -2.25. The fourth-order valence-electron chi connectivity index (χ4n) is 6.04. The Bertz CT molecular complexity index is 2010. The Kier molecular flexibility index (Phi) is 6.08. The standard InChI is InChI=1S/C39H28N4/c1-5-13-27(14-6-1)37-31-21-22-32(40-31)38(28-15-7-2-8-16-28)34-24-26-36(42-34)39(35-25-23-33(37)41-35)43(29-17-9-3-10-18-29)30-19-11-4-12-20-30/h1-26,41-42H. The minimum atomic E-state index is 0.930. The van der Waals surface area contributed by atoms with E-state index in [9.17, 15) is 0 Å². The van der Waals surface area contributed by atoms with Gasteiger partial charge in [-0.3, -0.25) is 0 Å². The van der Waals surface area contributed by atoms with E-state index in [1.165, 1.54) is 0 Å². The number of aromatic amines is 2. The molecule has 1 aliphatic heterocycles. The van der Waals surface area contributed by atoms with Gasteiger partial charge in [0.2, 0.25) is 0 Å². The largest absolute Gasteiger partial charge is 0.353 e. The number of para-hydroxylation sites is 2. The minimum absolute atomic E-state index is 0.930. The van der Waals surface area contributed by atoms with E-state index in [4.69, 9.17) is 4.98 Å². The zero-order chi connectivity index (χ0) is 28.6. The first-order chi connectivity index (χ1) is 21.3. The quantitative estimate of drug-likeness (QED) is 0.223. The highest BCUT2D eigenvalue weighted by Gasteiger charge is 2.20. The van der Waals surface area contributed by atoms with E-state index in [0.717, 1.165) is 72.8 Å². The molecule has 43 heavy (non-hydrogen) atoms. The van der Waals surface area contributed by atoms with Crippen molar-refractivity contribution in [3.63, 3.8) is 0 Å². The molecule has 0 fully saturated rings. The van der Waals surface area contributed by atoms with E-state index in [2.05, 4.69) is 173 Å². The first-order valence-electron chi connectivity index (χ1n) is 14.5. The van der Waals surface area contributed by atoms with Crippen LogP contribution in [0.25, 0.3) is 56.5 Å². The van der Waals surface area contributed by atoms with Crippen LogP contribution in [0.4, 0.5) is 17.1 Å². The zero-order valence-electron chi connectivity index (χ0n) is 23.4. The molecule has 0 saturated heterocycles. The summed E-state index contributed by atoms with van der Waals surface area (Å²) in [6.07, 6.45) is 4.27. The third-order valence-corrected chi connectivity index (χ3v) is 7.95. The van der Waals surface area contributed by atoms with Gasteiger partial charge in [0.25, 0.3) is 0 Å². The summed E-state index contributed by atoms with van der Waals surface area (Å²) in [5.41, 5.74) is 13.4. The Morgan fingerprint density at radius 2 is 0.767 bits per heavy atom. The molecule has 3 aromatic heterocycles. The summed E-state index contributed by atoms with van der Waals surface area (Å²) in [6.45, 7) is 0. The van der Waals surface area contributed by atoms with E-state index in [0.29, 0.717) is 0 Å².